The van der Waals surface area contributed by atoms with E-state index in [1.165, 1.54) is 0 Å². The number of aliphatic hydroxyl groups is 2. The van der Waals surface area contributed by atoms with E-state index in [1.807, 2.05) is 13.8 Å². The number of amides is 1. The molecule has 0 fully saturated rings. The van der Waals surface area contributed by atoms with Gasteiger partial charge in [0.1, 0.15) is 0 Å². The van der Waals surface area contributed by atoms with Gasteiger partial charge in [-0.3, -0.25) is 4.79 Å². The summed E-state index contributed by atoms with van der Waals surface area (Å²) in [5.41, 5.74) is 6.30. The first-order valence-electron chi connectivity index (χ1n) is 6.69. The fourth-order valence-corrected chi connectivity index (χ4v) is 1.85. The van der Waals surface area contributed by atoms with Crippen LogP contribution in [0.25, 0.3) is 0 Å². The molecule has 6 heteroatoms. The molecule has 0 aliphatic heterocycles. The van der Waals surface area contributed by atoms with E-state index < -0.39 is 5.54 Å². The van der Waals surface area contributed by atoms with Crippen LogP contribution in [0.2, 0.25) is 0 Å². The minimum absolute atomic E-state index is 0.226. The Morgan fingerprint density at radius 3 is 2.45 bits per heavy atom. The summed E-state index contributed by atoms with van der Waals surface area (Å²) >= 11 is 0. The molecule has 112 valence electrons. The van der Waals surface area contributed by atoms with Crippen molar-refractivity contribution in [3.63, 3.8) is 0 Å². The highest BCUT2D eigenvalue weighted by Gasteiger charge is 2.28. The predicted molar refractivity (Wildman–Crippen MR) is 79.7 cm³/mol. The van der Waals surface area contributed by atoms with E-state index in [9.17, 15) is 15.0 Å². The maximum Gasteiger partial charge on any atom is 0.253 e. The van der Waals surface area contributed by atoms with E-state index in [1.54, 1.807) is 18.2 Å². The van der Waals surface area contributed by atoms with E-state index in [-0.39, 0.29) is 19.1 Å². The fraction of sp³-hybridized carbons (Fsp3) is 0.500. The Labute approximate surface area is 119 Å². The summed E-state index contributed by atoms with van der Waals surface area (Å²) in [6.07, 6.45) is 0.504. The van der Waals surface area contributed by atoms with Gasteiger partial charge in [-0.1, -0.05) is 6.92 Å². The van der Waals surface area contributed by atoms with Crippen LogP contribution in [0.5, 0.6) is 0 Å². The second kappa shape index (κ2) is 7.12. The Morgan fingerprint density at radius 2 is 1.95 bits per heavy atom. The number of rotatable bonds is 7. The summed E-state index contributed by atoms with van der Waals surface area (Å²) in [6.45, 7) is 3.70. The van der Waals surface area contributed by atoms with E-state index in [0.29, 0.717) is 29.9 Å². The van der Waals surface area contributed by atoms with Gasteiger partial charge in [-0.15, -0.1) is 0 Å². The average Bonchev–Trinajstić information content (AvgIpc) is 2.45. The second-order valence-corrected chi connectivity index (χ2v) is 4.74. The van der Waals surface area contributed by atoms with Crippen LogP contribution in [-0.4, -0.2) is 41.4 Å². The van der Waals surface area contributed by atoms with Gasteiger partial charge >= 0.3 is 0 Å². The van der Waals surface area contributed by atoms with Crippen molar-refractivity contribution < 1.29 is 15.0 Å². The molecule has 6 N–H and O–H groups in total. The molecule has 0 saturated carbocycles. The van der Waals surface area contributed by atoms with Crippen molar-refractivity contribution >= 4 is 17.3 Å². The normalized spacial score (nSPS) is 11.2. The van der Waals surface area contributed by atoms with Crippen LogP contribution in [0.15, 0.2) is 18.2 Å². The summed E-state index contributed by atoms with van der Waals surface area (Å²) in [4.78, 5) is 12.0. The number of carbonyl (C=O) groups is 1. The third kappa shape index (κ3) is 3.61. The molecule has 6 nitrogen and oxygen atoms in total. The highest BCUT2D eigenvalue weighted by molar-refractivity contribution is 6.00. The number of carbonyl (C=O) groups excluding carboxylic acids is 1. The Balaban J connectivity index is 3.15. The Kier molecular flexibility index (Phi) is 5.79. The van der Waals surface area contributed by atoms with Crippen molar-refractivity contribution in [2.75, 3.05) is 30.8 Å². The summed E-state index contributed by atoms with van der Waals surface area (Å²) < 4.78 is 0. The van der Waals surface area contributed by atoms with E-state index in [4.69, 9.17) is 5.73 Å². The average molecular weight is 281 g/mol. The van der Waals surface area contributed by atoms with Gasteiger partial charge in [-0.2, -0.15) is 0 Å². The number of nitrogens with one attached hydrogen (secondary N) is 2. The lowest BCUT2D eigenvalue weighted by Crippen LogP contribution is -2.45. The number of hydrogen-bond donors (Lipinski definition) is 5. The van der Waals surface area contributed by atoms with E-state index in [2.05, 4.69) is 10.6 Å². The number of anilines is 2. The number of benzene rings is 1. The van der Waals surface area contributed by atoms with Crippen molar-refractivity contribution in [3.05, 3.63) is 23.8 Å². The van der Waals surface area contributed by atoms with Crippen LogP contribution < -0.4 is 16.4 Å². The standard InChI is InChI=1S/C14H23N3O3/c1-3-14(8-18,9-19)17-12-7-10(15)5-6-11(12)13(20)16-4-2/h5-7,17-19H,3-4,8-9,15H2,1-2H3,(H,16,20). The molecule has 20 heavy (non-hydrogen) atoms. The third-order valence-corrected chi connectivity index (χ3v) is 3.31. The molecular formula is C14H23N3O3. The lowest BCUT2D eigenvalue weighted by molar-refractivity contribution is 0.0955. The zero-order valence-electron chi connectivity index (χ0n) is 11.9. The molecule has 0 aliphatic rings. The molecule has 1 aromatic rings. The molecule has 1 rings (SSSR count). The molecule has 0 radical (unpaired) electrons. The molecule has 0 aliphatic carbocycles. The van der Waals surface area contributed by atoms with Gasteiger partial charge in [-0.05, 0) is 31.5 Å². The van der Waals surface area contributed by atoms with Gasteiger partial charge in [-0.25, -0.2) is 0 Å². The van der Waals surface area contributed by atoms with Crippen LogP contribution in [0.4, 0.5) is 11.4 Å². The van der Waals surface area contributed by atoms with Crippen molar-refractivity contribution in [1.29, 1.82) is 0 Å². The minimum atomic E-state index is -0.880. The van der Waals surface area contributed by atoms with Gasteiger partial charge in [0.25, 0.3) is 5.91 Å². The quantitative estimate of drug-likeness (QED) is 0.469. The Hall–Kier alpha value is -1.79. The lowest BCUT2D eigenvalue weighted by Gasteiger charge is -2.31. The van der Waals surface area contributed by atoms with Crippen molar-refractivity contribution in [3.8, 4) is 0 Å². The van der Waals surface area contributed by atoms with Gasteiger partial charge in [0, 0.05) is 17.9 Å². The highest BCUT2D eigenvalue weighted by atomic mass is 16.3. The summed E-state index contributed by atoms with van der Waals surface area (Å²) in [5.74, 6) is -0.226. The molecule has 0 atom stereocenters. The van der Waals surface area contributed by atoms with Crippen molar-refractivity contribution in [1.82, 2.24) is 5.32 Å². The molecule has 0 saturated heterocycles. The van der Waals surface area contributed by atoms with E-state index >= 15 is 0 Å². The molecule has 1 amide bonds. The van der Waals surface area contributed by atoms with Gasteiger partial charge in [0.15, 0.2) is 0 Å². The lowest BCUT2D eigenvalue weighted by atomic mass is 9.97. The minimum Gasteiger partial charge on any atom is -0.399 e. The van der Waals surface area contributed by atoms with Crippen LogP contribution >= 0.6 is 0 Å². The van der Waals surface area contributed by atoms with Gasteiger partial charge < -0.3 is 26.6 Å². The first-order chi connectivity index (χ1) is 9.51. The number of nitrogen functional groups attached to an aromatic ring is 1. The topological polar surface area (TPSA) is 108 Å². The molecular weight excluding hydrogens is 258 g/mol. The largest absolute Gasteiger partial charge is 0.399 e. The summed E-state index contributed by atoms with van der Waals surface area (Å²) in [5, 5.41) is 24.7. The van der Waals surface area contributed by atoms with Gasteiger partial charge in [0.05, 0.1) is 24.3 Å². The molecule has 0 heterocycles. The summed E-state index contributed by atoms with van der Waals surface area (Å²) in [7, 11) is 0. The first-order valence-corrected chi connectivity index (χ1v) is 6.69. The molecule has 1 aromatic carbocycles. The fourth-order valence-electron chi connectivity index (χ4n) is 1.85. The van der Waals surface area contributed by atoms with Crippen LogP contribution in [-0.2, 0) is 0 Å². The Bertz CT molecular complexity index is 451. The zero-order valence-corrected chi connectivity index (χ0v) is 11.9. The molecule has 0 unspecified atom stereocenters. The highest BCUT2D eigenvalue weighted by Crippen LogP contribution is 2.24. The van der Waals surface area contributed by atoms with Crippen LogP contribution in [0.1, 0.15) is 30.6 Å². The van der Waals surface area contributed by atoms with Crippen molar-refractivity contribution in [2.45, 2.75) is 25.8 Å². The first kappa shape index (κ1) is 16.3. The zero-order chi connectivity index (χ0) is 15.2. The van der Waals surface area contributed by atoms with Crippen molar-refractivity contribution in [2.24, 2.45) is 0 Å². The second-order valence-electron chi connectivity index (χ2n) is 4.74. The summed E-state index contributed by atoms with van der Waals surface area (Å²) in [6, 6.07) is 4.89. The number of aliphatic hydroxyl groups excluding tert-OH is 2. The maximum atomic E-state index is 12.0. The number of nitrogens with two attached hydrogens (primary N) is 1. The predicted octanol–water partition coefficient (Wildman–Crippen LogP) is 0.564. The van der Waals surface area contributed by atoms with Gasteiger partial charge in [0.2, 0.25) is 0 Å². The maximum absolute atomic E-state index is 12.0. The monoisotopic (exact) mass is 281 g/mol. The number of hydrogen-bond acceptors (Lipinski definition) is 5. The SMILES string of the molecule is CCNC(=O)c1ccc(N)cc1NC(CC)(CO)CO. The van der Waals surface area contributed by atoms with Crippen LogP contribution in [0.3, 0.4) is 0 Å². The van der Waals surface area contributed by atoms with E-state index in [0.717, 1.165) is 0 Å². The Morgan fingerprint density at radius 1 is 1.30 bits per heavy atom. The molecule has 0 bridgehead atoms. The molecule has 0 aromatic heterocycles. The molecule has 0 spiro atoms. The third-order valence-electron chi connectivity index (χ3n) is 3.31. The van der Waals surface area contributed by atoms with Crippen LogP contribution in [0, 0.1) is 0 Å². The smallest absolute Gasteiger partial charge is 0.253 e.